The molecule has 1 heterocycles. The molecule has 1 N–H and O–H groups in total. The Morgan fingerprint density at radius 2 is 1.87 bits per heavy atom. The Balaban J connectivity index is 2.23. The fourth-order valence-electron chi connectivity index (χ4n) is 1.51. The number of nitrogens with one attached hydrogen (secondary N) is 1. The molecule has 0 aliphatic rings. The van der Waals surface area contributed by atoms with Crippen LogP contribution in [-0.2, 0) is 16.0 Å². The molecule has 1 aromatic carbocycles. The summed E-state index contributed by atoms with van der Waals surface area (Å²) in [6, 6.07) is 8.10. The minimum Gasteiger partial charge on any atom is -0.277 e. The highest BCUT2D eigenvalue weighted by molar-refractivity contribution is 8.08. The van der Waals surface area contributed by atoms with Gasteiger partial charge >= 0.3 is 6.18 Å². The van der Waals surface area contributed by atoms with Crippen LogP contribution in [0.15, 0.2) is 51.1 Å². The van der Waals surface area contributed by atoms with Gasteiger partial charge in [0.2, 0.25) is 9.84 Å². The molecule has 23 heavy (non-hydrogen) atoms. The summed E-state index contributed by atoms with van der Waals surface area (Å²) >= 11 is 0.927. The topological polar surface area (TPSA) is 82.3 Å². The van der Waals surface area contributed by atoms with E-state index in [0.717, 1.165) is 35.6 Å². The van der Waals surface area contributed by atoms with Gasteiger partial charge in [0, 0.05) is 0 Å². The number of hydrogen-bond acceptors (Lipinski definition) is 6. The van der Waals surface area contributed by atoms with Crippen LogP contribution >= 0.6 is 11.3 Å². The highest BCUT2D eigenvalue weighted by atomic mass is 32.2. The first-order chi connectivity index (χ1) is 10.7. The minimum absolute atomic E-state index is 0.0491. The first-order valence-electron chi connectivity index (χ1n) is 5.95. The molecule has 1 aromatic heterocycles. The van der Waals surface area contributed by atoms with E-state index >= 15 is 0 Å². The Morgan fingerprint density at radius 3 is 2.35 bits per heavy atom. The van der Waals surface area contributed by atoms with Crippen LogP contribution in [0.1, 0.15) is 5.56 Å². The summed E-state index contributed by atoms with van der Waals surface area (Å²) in [6.07, 6.45) is -4.47. The summed E-state index contributed by atoms with van der Waals surface area (Å²) in [5.41, 5.74) is 1.54. The fourth-order valence-corrected chi connectivity index (χ4v) is 3.60. The van der Waals surface area contributed by atoms with Crippen LogP contribution in [0, 0.1) is 11.3 Å². The van der Waals surface area contributed by atoms with Crippen molar-refractivity contribution in [2.24, 2.45) is 5.10 Å². The molecule has 0 unspecified atom stereocenters. The van der Waals surface area contributed by atoms with Crippen molar-refractivity contribution in [3.05, 3.63) is 47.3 Å². The van der Waals surface area contributed by atoms with Gasteiger partial charge in [-0.25, -0.2) is 8.42 Å². The van der Waals surface area contributed by atoms with E-state index in [9.17, 15) is 21.6 Å². The molecular weight excluding hydrogens is 351 g/mol. The van der Waals surface area contributed by atoms with E-state index in [1.54, 1.807) is 0 Å². The van der Waals surface area contributed by atoms with Crippen molar-refractivity contribution in [3.8, 4) is 6.07 Å². The number of hydrazone groups is 1. The van der Waals surface area contributed by atoms with Gasteiger partial charge in [0.05, 0.1) is 11.3 Å². The van der Waals surface area contributed by atoms with Crippen LogP contribution in [0.3, 0.4) is 0 Å². The van der Waals surface area contributed by atoms with Crippen LogP contribution in [0.4, 0.5) is 18.9 Å². The fraction of sp³-hybridized carbons (Fsp3) is 0.0769. The van der Waals surface area contributed by atoms with E-state index in [-0.39, 0.29) is 9.90 Å². The summed E-state index contributed by atoms with van der Waals surface area (Å²) in [5.74, 6) is 0. The van der Waals surface area contributed by atoms with E-state index in [4.69, 9.17) is 5.26 Å². The lowest BCUT2D eigenvalue weighted by atomic mass is 10.2. The molecule has 120 valence electrons. The molecule has 0 spiro atoms. The average Bonchev–Trinajstić information content (AvgIpc) is 3.02. The number of benzene rings is 1. The lowest BCUT2D eigenvalue weighted by Crippen LogP contribution is -2.14. The maximum Gasteiger partial charge on any atom is 0.416 e. The largest absolute Gasteiger partial charge is 0.416 e. The van der Waals surface area contributed by atoms with Gasteiger partial charge in [-0.15, -0.1) is 11.3 Å². The Morgan fingerprint density at radius 1 is 1.22 bits per heavy atom. The van der Waals surface area contributed by atoms with Gasteiger partial charge in [-0.1, -0.05) is 6.07 Å². The van der Waals surface area contributed by atoms with Gasteiger partial charge in [-0.05, 0) is 35.7 Å². The quantitative estimate of drug-likeness (QED) is 0.517. The van der Waals surface area contributed by atoms with Crippen molar-refractivity contribution in [1.29, 1.82) is 5.26 Å². The zero-order valence-corrected chi connectivity index (χ0v) is 12.8. The number of rotatable bonds is 3. The average molecular weight is 359 g/mol. The van der Waals surface area contributed by atoms with Gasteiger partial charge in [0.15, 0.2) is 0 Å². The van der Waals surface area contributed by atoms with Crippen molar-refractivity contribution in [3.63, 3.8) is 0 Å². The number of hydrogen-bond donors (Lipinski definition) is 1. The SMILES string of the molecule is N#C/C(=N/Nc1ccc(C(F)(F)F)cc1)S(=O)(=O)c1cccs1. The minimum atomic E-state index is -4.47. The summed E-state index contributed by atoms with van der Waals surface area (Å²) in [4.78, 5) is 0. The summed E-state index contributed by atoms with van der Waals surface area (Å²) in [5, 5.41) is 13.2. The van der Waals surface area contributed by atoms with Gasteiger partial charge in [-0.2, -0.15) is 23.5 Å². The highest BCUT2D eigenvalue weighted by Gasteiger charge is 2.30. The molecule has 0 aliphatic carbocycles. The Kier molecular flexibility index (Phi) is 4.72. The Labute approximate surface area is 133 Å². The standard InChI is InChI=1S/C13H8F3N3O2S2/c14-13(15,16)9-3-5-10(6-4-9)18-19-11(8-17)23(20,21)12-2-1-7-22-12/h1-7,18H/b19-11-. The van der Waals surface area contributed by atoms with Gasteiger partial charge in [-0.3, -0.25) is 5.43 Å². The van der Waals surface area contributed by atoms with Crippen LogP contribution in [0.5, 0.6) is 0 Å². The second-order valence-corrected chi connectivity index (χ2v) is 7.19. The van der Waals surface area contributed by atoms with Crippen molar-refractivity contribution in [1.82, 2.24) is 0 Å². The third-order valence-corrected chi connectivity index (χ3v) is 5.57. The molecule has 0 aliphatic heterocycles. The van der Waals surface area contributed by atoms with Gasteiger partial charge in [0.25, 0.3) is 5.04 Å². The molecule has 5 nitrogen and oxygen atoms in total. The third-order valence-electron chi connectivity index (χ3n) is 2.61. The normalized spacial score (nSPS) is 12.7. The maximum atomic E-state index is 12.4. The van der Waals surface area contributed by atoms with Crippen LogP contribution in [0.25, 0.3) is 0 Å². The molecule has 2 rings (SSSR count). The van der Waals surface area contributed by atoms with E-state index in [0.29, 0.717) is 0 Å². The highest BCUT2D eigenvalue weighted by Crippen LogP contribution is 2.29. The van der Waals surface area contributed by atoms with E-state index in [1.807, 2.05) is 0 Å². The number of nitrogens with zero attached hydrogens (tertiary/aromatic N) is 2. The Bertz CT molecular complexity index is 849. The number of halogens is 3. The van der Waals surface area contributed by atoms with E-state index < -0.39 is 26.6 Å². The van der Waals surface area contributed by atoms with E-state index in [2.05, 4.69) is 10.5 Å². The third kappa shape index (κ3) is 3.88. The maximum absolute atomic E-state index is 12.4. The van der Waals surface area contributed by atoms with E-state index in [1.165, 1.54) is 23.6 Å². The molecular formula is C13H8F3N3O2S2. The Hall–Kier alpha value is -2.38. The van der Waals surface area contributed by atoms with Crippen LogP contribution in [-0.4, -0.2) is 13.5 Å². The first-order valence-corrected chi connectivity index (χ1v) is 8.31. The van der Waals surface area contributed by atoms with Gasteiger partial charge in [0.1, 0.15) is 10.3 Å². The predicted octanol–water partition coefficient (Wildman–Crippen LogP) is 3.49. The van der Waals surface area contributed by atoms with Gasteiger partial charge < -0.3 is 0 Å². The molecule has 0 atom stereocenters. The second kappa shape index (κ2) is 6.39. The molecule has 0 saturated carbocycles. The molecule has 0 saturated heterocycles. The molecule has 0 amide bonds. The second-order valence-electron chi connectivity index (χ2n) is 4.15. The van der Waals surface area contributed by atoms with Crippen LogP contribution < -0.4 is 5.43 Å². The predicted molar refractivity (Wildman–Crippen MR) is 79.6 cm³/mol. The lowest BCUT2D eigenvalue weighted by molar-refractivity contribution is -0.137. The molecule has 0 radical (unpaired) electrons. The number of alkyl halides is 3. The zero-order valence-electron chi connectivity index (χ0n) is 11.2. The van der Waals surface area contributed by atoms with Crippen molar-refractivity contribution in [2.45, 2.75) is 10.4 Å². The number of sulfone groups is 1. The summed E-state index contributed by atoms with van der Waals surface area (Å²) in [7, 11) is -4.04. The smallest absolute Gasteiger partial charge is 0.277 e. The molecule has 0 bridgehead atoms. The molecule has 2 aromatic rings. The van der Waals surface area contributed by atoms with Crippen LogP contribution in [0.2, 0.25) is 0 Å². The number of anilines is 1. The summed E-state index contributed by atoms with van der Waals surface area (Å²) in [6.45, 7) is 0. The molecule has 0 fully saturated rings. The number of nitriles is 1. The van der Waals surface area contributed by atoms with Crippen molar-refractivity contribution < 1.29 is 21.6 Å². The monoisotopic (exact) mass is 359 g/mol. The zero-order chi connectivity index (χ0) is 17.1. The van der Waals surface area contributed by atoms with Crippen molar-refractivity contribution in [2.75, 3.05) is 5.43 Å². The van der Waals surface area contributed by atoms with Crippen molar-refractivity contribution >= 4 is 31.9 Å². The lowest BCUT2D eigenvalue weighted by Gasteiger charge is -2.07. The first kappa shape index (κ1) is 17.0. The summed E-state index contributed by atoms with van der Waals surface area (Å²) < 4.78 is 61.4. The number of thiophene rings is 1. The molecule has 10 heteroatoms.